The SMILES string of the molecule is CC.CC.CC.CCC.c1ccc(N2c3ccccc3Cc3cc(-c4ccc5c(c4)Cc4ccccc4N5c4ccccc4)ccc32)cc1. The maximum Gasteiger partial charge on any atom is 0.0497 e. The van der Waals surface area contributed by atoms with E-state index in [0.29, 0.717) is 0 Å². The number of rotatable bonds is 3. The van der Waals surface area contributed by atoms with Gasteiger partial charge in [0.1, 0.15) is 0 Å². The van der Waals surface area contributed by atoms with E-state index in [4.69, 9.17) is 0 Å². The van der Waals surface area contributed by atoms with Gasteiger partial charge in [0.05, 0.1) is 0 Å². The lowest BCUT2D eigenvalue weighted by molar-refractivity contribution is 1.08. The summed E-state index contributed by atoms with van der Waals surface area (Å²) in [5, 5.41) is 0. The third-order valence-corrected chi connectivity index (χ3v) is 8.23. The Hall–Kier alpha value is -5.08. The smallest absolute Gasteiger partial charge is 0.0497 e. The van der Waals surface area contributed by atoms with Crippen LogP contribution in [-0.4, -0.2) is 0 Å². The molecule has 0 aromatic heterocycles. The molecule has 0 radical (unpaired) electrons. The van der Waals surface area contributed by atoms with E-state index in [2.05, 4.69) is 169 Å². The van der Waals surface area contributed by atoms with Gasteiger partial charge >= 0.3 is 0 Å². The van der Waals surface area contributed by atoms with Crippen molar-refractivity contribution in [2.24, 2.45) is 0 Å². The van der Waals surface area contributed by atoms with Crippen LogP contribution in [0.25, 0.3) is 11.1 Å². The molecular weight excluding hydrogens is 593 g/mol. The van der Waals surface area contributed by atoms with Crippen LogP contribution in [0.2, 0.25) is 0 Å². The number of fused-ring (bicyclic) bond motifs is 4. The van der Waals surface area contributed by atoms with Crippen LogP contribution in [0.1, 0.15) is 84.1 Å². The first-order chi connectivity index (χ1) is 24.2. The zero-order valence-electron chi connectivity index (χ0n) is 30.9. The average molecular weight is 647 g/mol. The predicted octanol–water partition coefficient (Wildman–Crippen LogP) is 14.6. The first-order valence-corrected chi connectivity index (χ1v) is 18.4. The first kappa shape index (κ1) is 36.8. The zero-order chi connectivity index (χ0) is 35.2. The van der Waals surface area contributed by atoms with Crippen LogP contribution < -0.4 is 9.80 Å². The Morgan fingerprint density at radius 3 is 1.04 bits per heavy atom. The summed E-state index contributed by atoms with van der Waals surface area (Å²) in [6.07, 6.45) is 3.12. The Kier molecular flexibility index (Phi) is 13.8. The molecule has 0 fully saturated rings. The molecule has 0 bridgehead atoms. The van der Waals surface area contributed by atoms with Gasteiger partial charge in [-0.1, -0.05) is 147 Å². The van der Waals surface area contributed by atoms with Gasteiger partial charge in [-0.25, -0.2) is 0 Å². The van der Waals surface area contributed by atoms with Crippen molar-refractivity contribution < 1.29 is 0 Å². The number of anilines is 6. The van der Waals surface area contributed by atoms with E-state index >= 15 is 0 Å². The van der Waals surface area contributed by atoms with Crippen LogP contribution in [0.5, 0.6) is 0 Å². The number of hydrogen-bond acceptors (Lipinski definition) is 2. The van der Waals surface area contributed by atoms with Crippen LogP contribution in [0, 0.1) is 0 Å². The largest absolute Gasteiger partial charge is 0.310 e. The molecule has 252 valence electrons. The molecule has 0 unspecified atom stereocenters. The molecule has 0 saturated heterocycles. The Bertz CT molecular complexity index is 1740. The Morgan fingerprint density at radius 1 is 0.367 bits per heavy atom. The van der Waals surface area contributed by atoms with Gasteiger partial charge in [0.2, 0.25) is 0 Å². The number of hydrogen-bond donors (Lipinski definition) is 0. The van der Waals surface area contributed by atoms with Crippen molar-refractivity contribution in [1.29, 1.82) is 0 Å². The van der Waals surface area contributed by atoms with Gasteiger partial charge in [-0.15, -0.1) is 0 Å². The highest BCUT2D eigenvalue weighted by Gasteiger charge is 2.26. The van der Waals surface area contributed by atoms with E-state index < -0.39 is 0 Å². The van der Waals surface area contributed by atoms with Crippen molar-refractivity contribution in [2.45, 2.75) is 74.7 Å². The van der Waals surface area contributed by atoms with Crippen LogP contribution in [-0.2, 0) is 12.8 Å². The molecule has 2 aliphatic rings. The molecule has 49 heavy (non-hydrogen) atoms. The van der Waals surface area contributed by atoms with E-state index in [1.807, 2.05) is 41.5 Å². The summed E-state index contributed by atoms with van der Waals surface area (Å²) in [5.74, 6) is 0. The summed E-state index contributed by atoms with van der Waals surface area (Å²) in [6, 6.07) is 52.9. The number of benzene rings is 6. The minimum Gasteiger partial charge on any atom is -0.310 e. The van der Waals surface area contributed by atoms with Crippen molar-refractivity contribution in [1.82, 2.24) is 0 Å². The Morgan fingerprint density at radius 2 is 0.673 bits per heavy atom. The van der Waals surface area contributed by atoms with Gasteiger partial charge in [-0.05, 0) is 94.0 Å². The van der Waals surface area contributed by atoms with Crippen LogP contribution in [0.3, 0.4) is 0 Å². The standard InChI is InChI=1S/C38H28N2.C3H8.3C2H6/c1-3-13-33(14-4-1)39-35-17-9-7-11-29(35)25-31-23-27(19-21-37(31)39)28-20-22-38-32(24-28)26-30-12-8-10-18-36(30)40(38)34-15-5-2-6-16-34;1-3-2;3*1-2/h1-24H,25-26H2;3H2,1-2H3;3*1-2H3. The zero-order valence-corrected chi connectivity index (χ0v) is 30.9. The van der Waals surface area contributed by atoms with Crippen molar-refractivity contribution in [2.75, 3.05) is 9.80 Å². The van der Waals surface area contributed by atoms with Gasteiger partial charge in [0, 0.05) is 47.0 Å². The van der Waals surface area contributed by atoms with E-state index in [-0.39, 0.29) is 0 Å². The third-order valence-electron chi connectivity index (χ3n) is 8.23. The van der Waals surface area contributed by atoms with Crippen molar-refractivity contribution in [3.63, 3.8) is 0 Å². The molecule has 0 atom stereocenters. The highest BCUT2D eigenvalue weighted by Crippen LogP contribution is 2.47. The normalized spacial score (nSPS) is 11.5. The van der Waals surface area contributed by atoms with Crippen molar-refractivity contribution in [3.05, 3.63) is 168 Å². The van der Waals surface area contributed by atoms with E-state index in [1.165, 1.54) is 73.9 Å². The molecule has 2 heterocycles. The molecule has 0 spiro atoms. The fraction of sp³-hybridized carbons (Fsp3) is 0.234. The van der Waals surface area contributed by atoms with E-state index in [0.717, 1.165) is 12.8 Å². The summed E-state index contributed by atoms with van der Waals surface area (Å²) in [4.78, 5) is 4.80. The second-order valence-corrected chi connectivity index (χ2v) is 11.3. The van der Waals surface area contributed by atoms with Crippen molar-refractivity contribution >= 4 is 34.1 Å². The van der Waals surface area contributed by atoms with E-state index in [9.17, 15) is 0 Å². The lowest BCUT2D eigenvalue weighted by atomic mass is 9.89. The molecule has 0 aliphatic carbocycles. The molecule has 2 aliphatic heterocycles. The monoisotopic (exact) mass is 646 g/mol. The second-order valence-electron chi connectivity index (χ2n) is 11.3. The molecule has 8 rings (SSSR count). The van der Waals surface area contributed by atoms with Crippen LogP contribution in [0.15, 0.2) is 146 Å². The summed E-state index contributed by atoms with van der Waals surface area (Å²) in [6.45, 7) is 16.2. The highest BCUT2D eigenvalue weighted by molar-refractivity contribution is 5.87. The van der Waals surface area contributed by atoms with Crippen molar-refractivity contribution in [3.8, 4) is 11.1 Å². The summed E-state index contributed by atoms with van der Waals surface area (Å²) in [5.41, 5.74) is 15.4. The lowest BCUT2D eigenvalue weighted by Gasteiger charge is -2.34. The number of para-hydroxylation sites is 4. The quantitative estimate of drug-likeness (QED) is 0.188. The molecule has 0 N–H and O–H groups in total. The molecule has 0 saturated carbocycles. The number of nitrogens with zero attached hydrogens (tertiary/aromatic N) is 2. The van der Waals surface area contributed by atoms with Gasteiger partial charge in [-0.2, -0.15) is 0 Å². The second kappa shape index (κ2) is 18.5. The fourth-order valence-electron chi connectivity index (χ4n) is 6.39. The maximum absolute atomic E-state index is 2.40. The van der Waals surface area contributed by atoms with Crippen LogP contribution >= 0.6 is 0 Å². The van der Waals surface area contributed by atoms with Gasteiger partial charge in [-0.3, -0.25) is 0 Å². The molecule has 0 amide bonds. The molecule has 6 aromatic rings. The van der Waals surface area contributed by atoms with E-state index in [1.54, 1.807) is 0 Å². The predicted molar refractivity (Wildman–Crippen MR) is 217 cm³/mol. The minimum atomic E-state index is 0.933. The molecule has 2 heteroatoms. The Labute approximate surface area is 296 Å². The van der Waals surface area contributed by atoms with Gasteiger partial charge in [0.15, 0.2) is 0 Å². The summed E-state index contributed by atoms with van der Waals surface area (Å²) >= 11 is 0. The molecule has 6 aromatic carbocycles. The lowest BCUT2D eigenvalue weighted by Crippen LogP contribution is -2.19. The third kappa shape index (κ3) is 7.98. The summed E-state index contributed by atoms with van der Waals surface area (Å²) in [7, 11) is 0. The highest BCUT2D eigenvalue weighted by atomic mass is 15.2. The Balaban J connectivity index is 0.000000554. The first-order valence-electron chi connectivity index (χ1n) is 18.4. The topological polar surface area (TPSA) is 6.48 Å². The molecule has 2 nitrogen and oxygen atoms in total. The van der Waals surface area contributed by atoms with Gasteiger partial charge in [0.25, 0.3) is 0 Å². The van der Waals surface area contributed by atoms with Crippen LogP contribution in [0.4, 0.5) is 34.1 Å². The average Bonchev–Trinajstić information content (AvgIpc) is 3.19. The maximum atomic E-state index is 2.40. The fourth-order valence-corrected chi connectivity index (χ4v) is 6.39. The summed E-state index contributed by atoms with van der Waals surface area (Å²) < 4.78 is 0. The minimum absolute atomic E-state index is 0.933. The van der Waals surface area contributed by atoms with Gasteiger partial charge < -0.3 is 9.80 Å². The molecular formula is C47H54N2.